The molecule has 0 unspecified atom stereocenters. The molecule has 4 heteroatoms. The van der Waals surface area contributed by atoms with Gasteiger partial charge in [-0.1, -0.05) is 17.8 Å². The largest absolute Gasteiger partial charge is 0.454 e. The summed E-state index contributed by atoms with van der Waals surface area (Å²) >= 11 is 1.23. The Hall–Kier alpha value is -1.29. The van der Waals surface area contributed by atoms with Gasteiger partial charge >= 0.3 is 0 Å². The number of furan rings is 1. The lowest BCUT2D eigenvalue weighted by molar-refractivity contribution is -0.109. The number of thioether (sulfide) groups is 1. The van der Waals surface area contributed by atoms with E-state index in [4.69, 9.17) is 4.42 Å². The molecule has 0 fully saturated rings. The summed E-state index contributed by atoms with van der Waals surface area (Å²) in [5, 5.41) is 0.0858. The van der Waals surface area contributed by atoms with Gasteiger partial charge in [-0.25, -0.2) is 0 Å². The molecule has 1 aromatic heterocycles. The first kappa shape index (κ1) is 10.8. The molecule has 0 radical (unpaired) electrons. The summed E-state index contributed by atoms with van der Waals surface area (Å²) in [6.45, 7) is 1.52. The van der Waals surface area contributed by atoms with E-state index >= 15 is 0 Å². The normalized spacial score (nSPS) is 10.6. The van der Waals surface area contributed by atoms with Crippen LogP contribution in [0.2, 0.25) is 0 Å². The van der Waals surface area contributed by atoms with E-state index in [1.54, 1.807) is 18.2 Å². The molecule has 0 aliphatic carbocycles. The fourth-order valence-electron chi connectivity index (χ4n) is 0.851. The summed E-state index contributed by atoms with van der Waals surface area (Å²) in [5.74, 6) is 1.55. The second-order valence-electron chi connectivity index (χ2n) is 2.56. The standard InChI is InChI=1S/C10H10O3S/c1-8(12)14-6-2-3-9-4-5-10(7-11)13-9/h2-5,7H,6H2,1H3. The van der Waals surface area contributed by atoms with E-state index in [2.05, 4.69) is 0 Å². The van der Waals surface area contributed by atoms with Crippen molar-refractivity contribution in [1.82, 2.24) is 0 Å². The SMILES string of the molecule is CC(=O)SCC=Cc1ccc(C=O)o1. The van der Waals surface area contributed by atoms with Gasteiger partial charge in [0.25, 0.3) is 0 Å². The minimum absolute atomic E-state index is 0.0858. The first-order chi connectivity index (χ1) is 6.72. The summed E-state index contributed by atoms with van der Waals surface area (Å²) in [6, 6.07) is 3.31. The Morgan fingerprint density at radius 2 is 2.21 bits per heavy atom. The molecule has 0 bridgehead atoms. The van der Waals surface area contributed by atoms with E-state index in [0.29, 0.717) is 23.6 Å². The number of hydrogen-bond donors (Lipinski definition) is 0. The van der Waals surface area contributed by atoms with Gasteiger partial charge in [0.15, 0.2) is 17.2 Å². The Morgan fingerprint density at radius 1 is 1.50 bits per heavy atom. The predicted octanol–water partition coefficient (Wildman–Crippen LogP) is 2.39. The number of carbonyl (C=O) groups excluding carboxylic acids is 2. The maximum Gasteiger partial charge on any atom is 0.186 e. The monoisotopic (exact) mass is 210 g/mol. The molecule has 14 heavy (non-hydrogen) atoms. The average molecular weight is 210 g/mol. The number of aldehydes is 1. The molecule has 74 valence electrons. The van der Waals surface area contributed by atoms with Gasteiger partial charge in [-0.3, -0.25) is 9.59 Å². The minimum atomic E-state index is 0.0858. The van der Waals surface area contributed by atoms with Crippen LogP contribution in [0.25, 0.3) is 6.08 Å². The molecule has 1 rings (SSSR count). The van der Waals surface area contributed by atoms with E-state index in [1.807, 2.05) is 6.08 Å². The molecule has 1 aromatic rings. The Labute approximate surface area is 86.2 Å². The molecular formula is C10H10O3S. The first-order valence-corrected chi connectivity index (χ1v) is 5.06. The summed E-state index contributed by atoms with van der Waals surface area (Å²) in [7, 11) is 0. The van der Waals surface area contributed by atoms with Crippen LogP contribution < -0.4 is 0 Å². The smallest absolute Gasteiger partial charge is 0.186 e. The van der Waals surface area contributed by atoms with Crippen LogP contribution in [0.15, 0.2) is 22.6 Å². The molecule has 0 amide bonds. The van der Waals surface area contributed by atoms with Gasteiger partial charge in [-0.15, -0.1) is 0 Å². The van der Waals surface area contributed by atoms with Gasteiger partial charge in [-0.05, 0) is 18.2 Å². The van der Waals surface area contributed by atoms with Crippen molar-refractivity contribution in [2.24, 2.45) is 0 Å². The third-order valence-electron chi connectivity index (χ3n) is 1.43. The maximum atomic E-state index is 10.6. The fraction of sp³-hybridized carbons (Fsp3) is 0.200. The van der Waals surface area contributed by atoms with Crippen molar-refractivity contribution in [2.75, 3.05) is 5.75 Å². The first-order valence-electron chi connectivity index (χ1n) is 4.07. The Balaban J connectivity index is 2.43. The van der Waals surface area contributed by atoms with Crippen LogP contribution in [0.5, 0.6) is 0 Å². The molecule has 0 aliphatic heterocycles. The zero-order chi connectivity index (χ0) is 10.4. The van der Waals surface area contributed by atoms with E-state index in [9.17, 15) is 9.59 Å². The Kier molecular flexibility index (Phi) is 4.19. The van der Waals surface area contributed by atoms with Gasteiger partial charge in [0.2, 0.25) is 0 Å². The molecule has 0 aliphatic rings. The molecule has 3 nitrogen and oxygen atoms in total. The number of carbonyl (C=O) groups is 2. The van der Waals surface area contributed by atoms with Gasteiger partial charge in [0.1, 0.15) is 5.76 Å². The second-order valence-corrected chi connectivity index (χ2v) is 3.76. The van der Waals surface area contributed by atoms with Crippen molar-refractivity contribution in [1.29, 1.82) is 0 Å². The molecule has 0 aromatic carbocycles. The van der Waals surface area contributed by atoms with Crippen molar-refractivity contribution in [3.8, 4) is 0 Å². The van der Waals surface area contributed by atoms with Crippen LogP contribution >= 0.6 is 11.8 Å². The van der Waals surface area contributed by atoms with E-state index in [1.165, 1.54) is 18.7 Å². The lowest BCUT2D eigenvalue weighted by atomic mass is 10.4. The predicted molar refractivity (Wildman–Crippen MR) is 56.3 cm³/mol. The molecule has 0 saturated heterocycles. The highest BCUT2D eigenvalue weighted by atomic mass is 32.2. The summed E-state index contributed by atoms with van der Waals surface area (Å²) in [6.07, 6.45) is 4.21. The lowest BCUT2D eigenvalue weighted by Gasteiger charge is -1.87. The minimum Gasteiger partial charge on any atom is -0.454 e. The van der Waals surface area contributed by atoms with Gasteiger partial charge in [-0.2, -0.15) is 0 Å². The van der Waals surface area contributed by atoms with Crippen LogP contribution in [-0.4, -0.2) is 17.2 Å². The van der Waals surface area contributed by atoms with E-state index in [-0.39, 0.29) is 5.12 Å². The zero-order valence-electron chi connectivity index (χ0n) is 7.73. The van der Waals surface area contributed by atoms with Crippen LogP contribution in [0.1, 0.15) is 23.2 Å². The highest BCUT2D eigenvalue weighted by Crippen LogP contribution is 2.09. The fourth-order valence-corrected chi connectivity index (χ4v) is 1.28. The van der Waals surface area contributed by atoms with Gasteiger partial charge in [0, 0.05) is 12.7 Å². The average Bonchev–Trinajstić information content (AvgIpc) is 2.60. The Bertz CT molecular complexity index is 352. The quantitative estimate of drug-likeness (QED) is 0.716. The second kappa shape index (κ2) is 5.44. The van der Waals surface area contributed by atoms with Crippen LogP contribution in [0.4, 0.5) is 0 Å². The third-order valence-corrected chi connectivity index (χ3v) is 2.19. The summed E-state index contributed by atoms with van der Waals surface area (Å²) in [4.78, 5) is 20.8. The number of rotatable bonds is 4. The highest BCUT2D eigenvalue weighted by Gasteiger charge is 1.96. The molecule has 1 heterocycles. The maximum absolute atomic E-state index is 10.6. The van der Waals surface area contributed by atoms with Crippen molar-refractivity contribution >= 4 is 29.2 Å². The Morgan fingerprint density at radius 3 is 2.79 bits per heavy atom. The van der Waals surface area contributed by atoms with E-state index in [0.717, 1.165) is 0 Å². The highest BCUT2D eigenvalue weighted by molar-refractivity contribution is 8.13. The number of hydrogen-bond acceptors (Lipinski definition) is 4. The summed E-state index contributed by atoms with van der Waals surface area (Å²) < 4.78 is 5.09. The van der Waals surface area contributed by atoms with Crippen LogP contribution in [0, 0.1) is 0 Å². The topological polar surface area (TPSA) is 47.3 Å². The van der Waals surface area contributed by atoms with Crippen molar-refractivity contribution in [3.63, 3.8) is 0 Å². The van der Waals surface area contributed by atoms with Crippen LogP contribution in [0.3, 0.4) is 0 Å². The van der Waals surface area contributed by atoms with Crippen molar-refractivity contribution in [2.45, 2.75) is 6.92 Å². The zero-order valence-corrected chi connectivity index (χ0v) is 8.54. The molecular weight excluding hydrogens is 200 g/mol. The van der Waals surface area contributed by atoms with Gasteiger partial charge < -0.3 is 4.42 Å². The lowest BCUT2D eigenvalue weighted by Crippen LogP contribution is -1.81. The van der Waals surface area contributed by atoms with E-state index < -0.39 is 0 Å². The van der Waals surface area contributed by atoms with Gasteiger partial charge in [0.05, 0.1) is 0 Å². The molecule has 0 atom stereocenters. The van der Waals surface area contributed by atoms with Crippen molar-refractivity contribution < 1.29 is 14.0 Å². The molecule has 0 N–H and O–H groups in total. The third kappa shape index (κ3) is 3.62. The summed E-state index contributed by atoms with van der Waals surface area (Å²) in [5.41, 5.74) is 0. The van der Waals surface area contributed by atoms with Crippen molar-refractivity contribution in [3.05, 3.63) is 29.7 Å². The van der Waals surface area contributed by atoms with Crippen LogP contribution in [-0.2, 0) is 4.79 Å². The molecule has 0 spiro atoms. The molecule has 0 saturated carbocycles.